The molecule has 4 heteroatoms. The van der Waals surface area contributed by atoms with Crippen molar-refractivity contribution >= 4 is 17.1 Å². The van der Waals surface area contributed by atoms with Gasteiger partial charge in [-0.25, -0.2) is 0 Å². The molecule has 0 radical (unpaired) electrons. The minimum atomic E-state index is -0.00210. The zero-order chi connectivity index (χ0) is 29.6. The Morgan fingerprint density at radius 2 is 1.29 bits per heavy atom. The Labute approximate surface area is 248 Å². The van der Waals surface area contributed by atoms with Crippen LogP contribution in [-0.2, 0) is 10.8 Å². The Kier molecular flexibility index (Phi) is 9.63. The van der Waals surface area contributed by atoms with Gasteiger partial charge in [-0.05, 0) is 81.5 Å². The topological polar surface area (TPSA) is 24.7 Å². The van der Waals surface area contributed by atoms with Crippen molar-refractivity contribution in [2.24, 2.45) is 0 Å². The third-order valence-electron chi connectivity index (χ3n) is 9.58. The Morgan fingerprint density at radius 3 is 1.88 bits per heavy atom. The van der Waals surface area contributed by atoms with E-state index in [1.807, 2.05) is 0 Å². The van der Waals surface area contributed by atoms with Crippen molar-refractivity contribution in [1.82, 2.24) is 0 Å². The maximum Gasteiger partial charge on any atom is 0.210 e. The molecule has 2 heterocycles. The molecule has 0 saturated carbocycles. The molecule has 0 saturated heterocycles. The molecule has 41 heavy (non-hydrogen) atoms. The van der Waals surface area contributed by atoms with Gasteiger partial charge in [-0.2, -0.15) is 4.58 Å². The molecule has 2 aromatic carbocycles. The van der Waals surface area contributed by atoms with Gasteiger partial charge in [-0.1, -0.05) is 58.1 Å². The summed E-state index contributed by atoms with van der Waals surface area (Å²) in [5, 5.41) is 0. The van der Waals surface area contributed by atoms with Crippen LogP contribution in [0, 0.1) is 0 Å². The van der Waals surface area contributed by atoms with Crippen LogP contribution < -0.4 is 14.4 Å². The van der Waals surface area contributed by atoms with Crippen LogP contribution in [-0.4, -0.2) is 37.6 Å². The summed E-state index contributed by atoms with van der Waals surface area (Å²) >= 11 is 0. The number of hydrogen-bond donors (Lipinski definition) is 0. The largest absolute Gasteiger partial charge is 0.497 e. The van der Waals surface area contributed by atoms with Crippen LogP contribution in [0.2, 0.25) is 0 Å². The molecule has 0 aromatic heterocycles. The van der Waals surface area contributed by atoms with Crippen molar-refractivity contribution in [3.8, 4) is 11.5 Å². The molecular weight excluding hydrogens is 504 g/mol. The molecule has 218 valence electrons. The number of rotatable bonds is 12. The molecule has 0 unspecified atom stereocenters. The fourth-order valence-corrected chi connectivity index (χ4v) is 7.23. The van der Waals surface area contributed by atoms with Crippen molar-refractivity contribution in [3.63, 3.8) is 0 Å². The van der Waals surface area contributed by atoms with Gasteiger partial charge in [-0.3, -0.25) is 0 Å². The molecular formula is C37H49N2O2+. The predicted octanol–water partition coefficient (Wildman–Crippen LogP) is 9.03. The van der Waals surface area contributed by atoms with Crippen molar-refractivity contribution in [1.29, 1.82) is 0 Å². The standard InChI is InChI=1S/C37H49N2O2/c1-9-36(10-2)30-26-28(40-7)22-24-32(30)38(13-5)34(36)20-18-16-15-17-19-21-35-37(11-3,12-4)31-27-29(41-8)23-25-33(31)39(35)14-6/h15-27H,9-14H2,1-8H3/q+1. The molecule has 0 bridgehead atoms. The number of ether oxygens (including phenoxy) is 2. The Hall–Kier alpha value is -3.53. The van der Waals surface area contributed by atoms with Crippen LogP contribution in [0.25, 0.3) is 0 Å². The highest BCUT2D eigenvalue weighted by atomic mass is 16.5. The van der Waals surface area contributed by atoms with Crippen molar-refractivity contribution < 1.29 is 14.0 Å². The maximum atomic E-state index is 5.59. The monoisotopic (exact) mass is 553 g/mol. The van der Waals surface area contributed by atoms with Crippen molar-refractivity contribution in [2.75, 3.05) is 32.2 Å². The number of likely N-dealkylation sites (N-methyl/N-ethyl adjacent to an activating group) is 1. The van der Waals surface area contributed by atoms with Crippen LogP contribution >= 0.6 is 0 Å². The SMILES string of the molecule is CCN1\C(=C/C=C/C=C/C=C/C2=[N+](CC)c3ccc(OC)cc3C2(CC)CC)C(CC)(CC)c2cc(OC)ccc21. The summed E-state index contributed by atoms with van der Waals surface area (Å²) in [6, 6.07) is 13.1. The molecule has 2 aliphatic rings. The number of hydrogen-bond acceptors (Lipinski definition) is 3. The van der Waals surface area contributed by atoms with Crippen LogP contribution in [0.1, 0.15) is 78.4 Å². The second-order valence-electron chi connectivity index (χ2n) is 10.9. The van der Waals surface area contributed by atoms with E-state index in [-0.39, 0.29) is 10.8 Å². The number of fused-ring (bicyclic) bond motifs is 2. The van der Waals surface area contributed by atoms with E-state index in [0.717, 1.165) is 50.3 Å². The van der Waals surface area contributed by atoms with Crippen LogP contribution in [0.3, 0.4) is 0 Å². The Balaban J connectivity index is 1.59. The lowest BCUT2D eigenvalue weighted by Crippen LogP contribution is -2.33. The minimum Gasteiger partial charge on any atom is -0.497 e. The van der Waals surface area contributed by atoms with Gasteiger partial charge in [0.05, 0.1) is 19.6 Å². The third-order valence-corrected chi connectivity index (χ3v) is 9.58. The van der Waals surface area contributed by atoms with E-state index < -0.39 is 0 Å². The molecule has 0 amide bonds. The van der Waals surface area contributed by atoms with E-state index in [1.54, 1.807) is 14.2 Å². The lowest BCUT2D eigenvalue weighted by molar-refractivity contribution is -0.433. The fourth-order valence-electron chi connectivity index (χ4n) is 7.23. The average molecular weight is 554 g/mol. The Bertz CT molecular complexity index is 1380. The quantitative estimate of drug-likeness (QED) is 0.194. The minimum absolute atomic E-state index is 0.00210. The van der Waals surface area contributed by atoms with E-state index in [1.165, 1.54) is 33.9 Å². The summed E-state index contributed by atoms with van der Waals surface area (Å²) in [6.45, 7) is 15.6. The van der Waals surface area contributed by atoms with Crippen molar-refractivity contribution in [3.05, 3.63) is 95.8 Å². The molecule has 0 atom stereocenters. The Morgan fingerprint density at radius 1 is 0.707 bits per heavy atom. The van der Waals surface area contributed by atoms with Gasteiger partial charge in [0.1, 0.15) is 18.0 Å². The van der Waals surface area contributed by atoms with Crippen LogP contribution in [0.5, 0.6) is 11.5 Å². The van der Waals surface area contributed by atoms with E-state index in [0.29, 0.717) is 0 Å². The zero-order valence-corrected chi connectivity index (χ0v) is 26.5. The molecule has 4 rings (SSSR count). The lowest BCUT2D eigenvalue weighted by Gasteiger charge is -2.31. The second kappa shape index (κ2) is 13.0. The van der Waals surface area contributed by atoms with Gasteiger partial charge < -0.3 is 14.4 Å². The highest BCUT2D eigenvalue weighted by Crippen LogP contribution is 2.53. The zero-order valence-electron chi connectivity index (χ0n) is 26.5. The highest BCUT2D eigenvalue weighted by Gasteiger charge is 2.48. The summed E-state index contributed by atoms with van der Waals surface area (Å²) in [6.07, 6.45) is 19.6. The lowest BCUT2D eigenvalue weighted by atomic mass is 9.73. The number of methoxy groups -OCH3 is 2. The van der Waals surface area contributed by atoms with E-state index >= 15 is 0 Å². The van der Waals surface area contributed by atoms with Crippen LogP contribution in [0.4, 0.5) is 11.4 Å². The van der Waals surface area contributed by atoms with Gasteiger partial charge in [0.2, 0.25) is 5.69 Å². The van der Waals surface area contributed by atoms with E-state index in [2.05, 4.69) is 130 Å². The summed E-state index contributed by atoms with van der Waals surface area (Å²) in [7, 11) is 3.50. The first-order valence-electron chi connectivity index (χ1n) is 15.5. The number of benzene rings is 2. The first-order chi connectivity index (χ1) is 19.9. The molecule has 2 aromatic rings. The fraction of sp³-hybridized carbons (Fsp3) is 0.432. The van der Waals surface area contributed by atoms with E-state index in [4.69, 9.17) is 9.47 Å². The summed E-state index contributed by atoms with van der Waals surface area (Å²) < 4.78 is 13.6. The molecule has 0 fully saturated rings. The van der Waals surface area contributed by atoms with Crippen molar-refractivity contribution in [2.45, 2.75) is 78.1 Å². The number of allylic oxidation sites excluding steroid dienone is 8. The predicted molar refractivity (Wildman–Crippen MR) is 174 cm³/mol. The van der Waals surface area contributed by atoms with Gasteiger partial charge in [0, 0.05) is 41.1 Å². The summed E-state index contributed by atoms with van der Waals surface area (Å²) in [5.74, 6) is 1.86. The van der Waals surface area contributed by atoms with Gasteiger partial charge in [0.15, 0.2) is 5.71 Å². The first-order valence-corrected chi connectivity index (χ1v) is 15.5. The smallest absolute Gasteiger partial charge is 0.210 e. The average Bonchev–Trinajstić information content (AvgIpc) is 3.45. The first kappa shape index (κ1) is 30.4. The molecule has 0 spiro atoms. The normalized spacial score (nSPS) is 18.3. The number of nitrogens with zero attached hydrogens (tertiary/aromatic N) is 2. The number of anilines is 1. The second-order valence-corrected chi connectivity index (χ2v) is 10.9. The van der Waals surface area contributed by atoms with Gasteiger partial charge in [-0.15, -0.1) is 0 Å². The van der Waals surface area contributed by atoms with E-state index in [9.17, 15) is 0 Å². The molecule has 0 aliphatic carbocycles. The third kappa shape index (κ3) is 5.07. The van der Waals surface area contributed by atoms with Gasteiger partial charge >= 0.3 is 0 Å². The highest BCUT2D eigenvalue weighted by molar-refractivity contribution is 6.03. The summed E-state index contributed by atoms with van der Waals surface area (Å²) in [5.41, 5.74) is 8.11. The maximum absolute atomic E-state index is 5.59. The molecule has 4 nitrogen and oxygen atoms in total. The molecule has 0 N–H and O–H groups in total. The summed E-state index contributed by atoms with van der Waals surface area (Å²) in [4.78, 5) is 2.47. The van der Waals surface area contributed by atoms with Crippen LogP contribution in [0.15, 0.2) is 84.6 Å². The van der Waals surface area contributed by atoms with Gasteiger partial charge in [0.25, 0.3) is 0 Å². The molecule has 2 aliphatic heterocycles.